The summed E-state index contributed by atoms with van der Waals surface area (Å²) in [5.41, 5.74) is -1.79. The Kier molecular flexibility index (Phi) is 4.15. The van der Waals surface area contributed by atoms with Gasteiger partial charge in [0.25, 0.3) is 5.56 Å². The van der Waals surface area contributed by atoms with E-state index < -0.39 is 17.3 Å². The number of pyridine rings is 1. The summed E-state index contributed by atoms with van der Waals surface area (Å²) in [5, 5.41) is 4.29. The maximum atomic E-state index is 12.8. The number of rotatable bonds is 3. The normalized spacial score (nSPS) is 11.7. The molecule has 2 heterocycles. The highest BCUT2D eigenvalue weighted by Gasteiger charge is 2.34. The zero-order valence-corrected chi connectivity index (χ0v) is 12.7. The van der Waals surface area contributed by atoms with Crippen LogP contribution in [0.15, 0.2) is 51.9 Å². The summed E-state index contributed by atoms with van der Waals surface area (Å²) >= 11 is 5.79. The van der Waals surface area contributed by atoms with Gasteiger partial charge >= 0.3 is 6.18 Å². The molecule has 0 N–H and O–H groups in total. The third kappa shape index (κ3) is 3.33. The standard InChI is InChI=1S/C15H9ClF3N3O2/c16-10-5-3-9(4-6-10)13-20-12(24-21-13)8-22-7-1-2-11(14(22)23)15(17,18)19/h1-7H,8H2. The van der Waals surface area contributed by atoms with Crippen LogP contribution in [0, 0.1) is 0 Å². The second-order valence-electron chi connectivity index (χ2n) is 4.87. The number of hydrogen-bond donors (Lipinski definition) is 0. The summed E-state index contributed by atoms with van der Waals surface area (Å²) in [5.74, 6) is 0.267. The topological polar surface area (TPSA) is 60.9 Å². The van der Waals surface area contributed by atoms with Crippen molar-refractivity contribution < 1.29 is 17.7 Å². The summed E-state index contributed by atoms with van der Waals surface area (Å²) in [6.07, 6.45) is -3.49. The lowest BCUT2D eigenvalue weighted by atomic mass is 10.2. The van der Waals surface area contributed by atoms with Gasteiger partial charge in [-0.05, 0) is 36.4 Å². The maximum absolute atomic E-state index is 12.8. The molecule has 3 aromatic rings. The van der Waals surface area contributed by atoms with Gasteiger partial charge in [0.05, 0.1) is 0 Å². The lowest BCUT2D eigenvalue weighted by Gasteiger charge is -2.08. The summed E-state index contributed by atoms with van der Waals surface area (Å²) in [4.78, 5) is 15.9. The van der Waals surface area contributed by atoms with E-state index in [9.17, 15) is 18.0 Å². The molecule has 0 unspecified atom stereocenters. The van der Waals surface area contributed by atoms with Crippen LogP contribution < -0.4 is 5.56 Å². The van der Waals surface area contributed by atoms with E-state index in [1.54, 1.807) is 24.3 Å². The van der Waals surface area contributed by atoms with Crippen LogP contribution in [0.5, 0.6) is 0 Å². The summed E-state index contributed by atoms with van der Waals surface area (Å²) < 4.78 is 44.1. The van der Waals surface area contributed by atoms with Crippen LogP contribution in [-0.2, 0) is 12.7 Å². The molecule has 0 saturated carbocycles. The minimum Gasteiger partial charge on any atom is -0.337 e. The molecule has 0 amide bonds. The molecule has 0 atom stereocenters. The highest BCUT2D eigenvalue weighted by molar-refractivity contribution is 6.30. The van der Waals surface area contributed by atoms with Crippen LogP contribution in [0.3, 0.4) is 0 Å². The Labute approximate surface area is 138 Å². The summed E-state index contributed by atoms with van der Waals surface area (Å²) in [6.45, 7) is -0.261. The largest absolute Gasteiger partial charge is 0.421 e. The molecular weight excluding hydrogens is 347 g/mol. The Balaban J connectivity index is 1.88. The van der Waals surface area contributed by atoms with Crippen molar-refractivity contribution in [3.8, 4) is 11.4 Å². The van der Waals surface area contributed by atoms with Crippen LogP contribution in [0.25, 0.3) is 11.4 Å². The first-order chi connectivity index (χ1) is 11.3. The molecule has 0 spiro atoms. The van der Waals surface area contributed by atoms with E-state index in [2.05, 4.69) is 10.1 Å². The van der Waals surface area contributed by atoms with Crippen molar-refractivity contribution in [3.05, 3.63) is 69.4 Å². The van der Waals surface area contributed by atoms with Gasteiger partial charge in [-0.2, -0.15) is 18.2 Å². The number of hydrogen-bond acceptors (Lipinski definition) is 4. The lowest BCUT2D eigenvalue weighted by Crippen LogP contribution is -2.28. The molecule has 0 aliphatic carbocycles. The first-order valence-electron chi connectivity index (χ1n) is 6.70. The molecule has 5 nitrogen and oxygen atoms in total. The number of halogens is 4. The lowest BCUT2D eigenvalue weighted by molar-refractivity contribution is -0.139. The van der Waals surface area contributed by atoms with E-state index >= 15 is 0 Å². The van der Waals surface area contributed by atoms with E-state index in [0.717, 1.165) is 16.7 Å². The van der Waals surface area contributed by atoms with Gasteiger partial charge in [0.15, 0.2) is 0 Å². The Morgan fingerprint density at radius 3 is 2.54 bits per heavy atom. The Hall–Kier alpha value is -2.61. The second-order valence-corrected chi connectivity index (χ2v) is 5.31. The maximum Gasteiger partial charge on any atom is 0.421 e. The van der Waals surface area contributed by atoms with Gasteiger partial charge in [-0.1, -0.05) is 16.8 Å². The molecule has 0 aliphatic rings. The molecule has 1 aromatic carbocycles. The molecular formula is C15H9ClF3N3O2. The molecule has 0 radical (unpaired) electrons. The van der Waals surface area contributed by atoms with Crippen LogP contribution >= 0.6 is 11.6 Å². The van der Waals surface area contributed by atoms with Crippen molar-refractivity contribution >= 4 is 11.6 Å². The third-order valence-corrected chi connectivity index (χ3v) is 3.45. The van der Waals surface area contributed by atoms with E-state index in [0.29, 0.717) is 10.6 Å². The van der Waals surface area contributed by atoms with Gasteiger partial charge in [-0.15, -0.1) is 0 Å². The number of nitrogens with zero attached hydrogens (tertiary/aromatic N) is 3. The smallest absolute Gasteiger partial charge is 0.337 e. The van der Waals surface area contributed by atoms with Crippen molar-refractivity contribution in [1.29, 1.82) is 0 Å². The second kappa shape index (κ2) is 6.12. The zero-order valence-electron chi connectivity index (χ0n) is 11.9. The average Bonchev–Trinajstić information content (AvgIpc) is 2.97. The predicted octanol–water partition coefficient (Wildman–Crippen LogP) is 3.62. The van der Waals surface area contributed by atoms with Gasteiger partial charge in [-0.3, -0.25) is 4.79 Å². The zero-order chi connectivity index (χ0) is 17.3. The van der Waals surface area contributed by atoms with Crippen molar-refractivity contribution in [3.63, 3.8) is 0 Å². The molecule has 0 aliphatic heterocycles. The number of aromatic nitrogens is 3. The van der Waals surface area contributed by atoms with Crippen molar-refractivity contribution in [1.82, 2.24) is 14.7 Å². The van der Waals surface area contributed by atoms with Gasteiger partial charge in [0, 0.05) is 16.8 Å². The fourth-order valence-electron chi connectivity index (χ4n) is 2.06. The van der Waals surface area contributed by atoms with Crippen LogP contribution in [0.4, 0.5) is 13.2 Å². The predicted molar refractivity (Wildman–Crippen MR) is 79.6 cm³/mol. The van der Waals surface area contributed by atoms with Crippen LogP contribution in [0.2, 0.25) is 5.02 Å². The van der Waals surface area contributed by atoms with Crippen LogP contribution in [-0.4, -0.2) is 14.7 Å². The van der Waals surface area contributed by atoms with E-state index in [1.807, 2.05) is 0 Å². The Morgan fingerprint density at radius 1 is 1.17 bits per heavy atom. The Bertz CT molecular complexity index is 917. The molecule has 24 heavy (non-hydrogen) atoms. The fourth-order valence-corrected chi connectivity index (χ4v) is 2.18. The van der Waals surface area contributed by atoms with Crippen molar-refractivity contribution in [2.24, 2.45) is 0 Å². The number of benzene rings is 1. The highest BCUT2D eigenvalue weighted by atomic mass is 35.5. The van der Waals surface area contributed by atoms with Crippen LogP contribution in [0.1, 0.15) is 11.5 Å². The third-order valence-electron chi connectivity index (χ3n) is 3.20. The van der Waals surface area contributed by atoms with Gasteiger partial charge in [0.1, 0.15) is 12.1 Å². The highest BCUT2D eigenvalue weighted by Crippen LogP contribution is 2.26. The summed E-state index contributed by atoms with van der Waals surface area (Å²) in [7, 11) is 0. The first-order valence-corrected chi connectivity index (χ1v) is 7.07. The van der Waals surface area contributed by atoms with Gasteiger partial charge in [-0.25, -0.2) is 0 Å². The quantitative estimate of drug-likeness (QED) is 0.720. The molecule has 3 rings (SSSR count). The van der Waals surface area contributed by atoms with E-state index in [1.165, 1.54) is 6.20 Å². The SMILES string of the molecule is O=c1c(C(F)(F)F)cccn1Cc1nc(-c2ccc(Cl)cc2)no1. The minimum atomic E-state index is -4.72. The average molecular weight is 356 g/mol. The van der Waals surface area contributed by atoms with Gasteiger partial charge in [0.2, 0.25) is 11.7 Å². The van der Waals surface area contributed by atoms with Gasteiger partial charge < -0.3 is 9.09 Å². The molecule has 0 saturated heterocycles. The van der Waals surface area contributed by atoms with Crippen molar-refractivity contribution in [2.75, 3.05) is 0 Å². The minimum absolute atomic E-state index is 0.0152. The number of alkyl halides is 3. The molecule has 124 valence electrons. The first kappa shape index (κ1) is 16.3. The van der Waals surface area contributed by atoms with E-state index in [4.69, 9.17) is 16.1 Å². The Morgan fingerprint density at radius 2 is 1.88 bits per heavy atom. The molecule has 0 bridgehead atoms. The summed E-state index contributed by atoms with van der Waals surface area (Å²) in [6, 6.07) is 8.50. The molecule has 0 fully saturated rings. The molecule has 9 heteroatoms. The fraction of sp³-hybridized carbons (Fsp3) is 0.133. The van der Waals surface area contributed by atoms with Crippen molar-refractivity contribution in [2.45, 2.75) is 12.7 Å². The van der Waals surface area contributed by atoms with E-state index in [-0.39, 0.29) is 18.3 Å². The monoisotopic (exact) mass is 355 g/mol. The molecule has 2 aromatic heterocycles.